The van der Waals surface area contributed by atoms with Crippen molar-refractivity contribution in [3.05, 3.63) is 77.2 Å². The van der Waals surface area contributed by atoms with E-state index in [2.05, 4.69) is 15.5 Å². The van der Waals surface area contributed by atoms with Gasteiger partial charge in [-0.15, -0.1) is 5.10 Å². The Morgan fingerprint density at radius 3 is 2.41 bits per heavy atom. The highest BCUT2D eigenvalue weighted by atomic mass is 19.4. The molecule has 0 N–H and O–H groups in total. The monoisotopic (exact) mass is 401 g/mol. The molecule has 0 unspecified atom stereocenters. The first-order valence-electron chi connectivity index (χ1n) is 8.63. The van der Waals surface area contributed by atoms with Crippen molar-refractivity contribution in [2.24, 2.45) is 0 Å². The molecule has 0 saturated carbocycles. The van der Waals surface area contributed by atoms with Crippen molar-refractivity contribution >= 4 is 11.4 Å². The lowest BCUT2D eigenvalue weighted by Crippen LogP contribution is -2.14. The van der Waals surface area contributed by atoms with Crippen molar-refractivity contribution in [1.29, 1.82) is 0 Å². The largest absolute Gasteiger partial charge is 0.416 e. The number of allylic oxidation sites excluding steroid dienone is 1. The lowest BCUT2D eigenvalue weighted by molar-refractivity contribution is -0.137. The molecule has 0 spiro atoms. The lowest BCUT2D eigenvalue weighted by atomic mass is 10.0. The average Bonchev–Trinajstić information content (AvgIpc) is 3.15. The van der Waals surface area contributed by atoms with Crippen molar-refractivity contribution in [2.45, 2.75) is 13.1 Å². The van der Waals surface area contributed by atoms with Crippen LogP contribution in [0.3, 0.4) is 0 Å². The quantitative estimate of drug-likeness (QED) is 0.481. The molecule has 6 nitrogen and oxygen atoms in total. The molecule has 0 atom stereocenters. The second kappa shape index (κ2) is 7.86. The fourth-order valence-corrected chi connectivity index (χ4v) is 2.68. The first-order chi connectivity index (χ1) is 13.7. The van der Waals surface area contributed by atoms with Crippen molar-refractivity contribution in [3.63, 3.8) is 0 Å². The predicted octanol–water partition coefficient (Wildman–Crippen LogP) is 3.77. The molecule has 0 aliphatic rings. The summed E-state index contributed by atoms with van der Waals surface area (Å²) >= 11 is 0. The number of ketones is 1. The summed E-state index contributed by atoms with van der Waals surface area (Å²) < 4.78 is 40.6. The zero-order valence-electron chi connectivity index (χ0n) is 16.0. The summed E-state index contributed by atoms with van der Waals surface area (Å²) in [6.45, 7) is 1.93. The summed E-state index contributed by atoms with van der Waals surface area (Å²) in [4.78, 5) is 14.7. The number of carbonyl (C=O) groups is 1. The number of tetrazole rings is 1. The normalized spacial score (nSPS) is 12.1. The Labute approximate surface area is 165 Å². The maximum Gasteiger partial charge on any atom is 0.416 e. The number of aromatic nitrogens is 4. The van der Waals surface area contributed by atoms with E-state index in [4.69, 9.17) is 0 Å². The van der Waals surface area contributed by atoms with Gasteiger partial charge in [0, 0.05) is 25.9 Å². The van der Waals surface area contributed by atoms with E-state index in [1.165, 1.54) is 23.0 Å². The van der Waals surface area contributed by atoms with Crippen LogP contribution in [-0.4, -0.2) is 45.0 Å². The first-order valence-corrected chi connectivity index (χ1v) is 8.63. The van der Waals surface area contributed by atoms with Gasteiger partial charge in [-0.3, -0.25) is 4.79 Å². The summed E-state index contributed by atoms with van der Waals surface area (Å²) in [6.07, 6.45) is -3.07. The number of Topliss-reactive ketones (excluding diaryl/α,β-unsaturated/α-hetero) is 1. The van der Waals surface area contributed by atoms with Crippen LogP contribution in [0.2, 0.25) is 0 Å². The number of hydrogen-bond acceptors (Lipinski definition) is 5. The Hall–Kier alpha value is -3.49. The molecule has 0 aliphatic carbocycles. The second-order valence-corrected chi connectivity index (χ2v) is 6.66. The van der Waals surface area contributed by atoms with Gasteiger partial charge in [0.05, 0.1) is 16.8 Å². The standard InChI is InChI=1S/C20H18F3N5O/c1-13-7-9-16(10-8-13)28-19(24-25-26-28)17(12-27(2)3)18(29)14-5-4-6-15(11-14)20(21,22)23/h4-12H,1-3H3/b17-12-. The molecule has 0 fully saturated rings. The van der Waals surface area contributed by atoms with Gasteiger partial charge in [-0.1, -0.05) is 29.8 Å². The summed E-state index contributed by atoms with van der Waals surface area (Å²) in [6, 6.07) is 11.6. The minimum absolute atomic E-state index is 0.0694. The molecule has 0 aliphatic heterocycles. The summed E-state index contributed by atoms with van der Waals surface area (Å²) in [5.41, 5.74) is 0.724. The van der Waals surface area contributed by atoms with Crippen LogP contribution in [0.1, 0.15) is 27.3 Å². The van der Waals surface area contributed by atoms with E-state index in [-0.39, 0.29) is 17.0 Å². The number of nitrogens with zero attached hydrogens (tertiary/aromatic N) is 5. The van der Waals surface area contributed by atoms with E-state index in [0.717, 1.165) is 17.7 Å². The number of aryl methyl sites for hydroxylation is 1. The van der Waals surface area contributed by atoms with Gasteiger partial charge in [-0.2, -0.15) is 17.9 Å². The first kappa shape index (κ1) is 20.2. The summed E-state index contributed by atoms with van der Waals surface area (Å²) in [7, 11) is 3.39. The van der Waals surface area contributed by atoms with Crippen LogP contribution in [0.5, 0.6) is 0 Å². The molecular weight excluding hydrogens is 383 g/mol. The number of carbonyl (C=O) groups excluding carboxylic acids is 1. The van der Waals surface area contributed by atoms with Crippen LogP contribution < -0.4 is 0 Å². The van der Waals surface area contributed by atoms with Gasteiger partial charge < -0.3 is 4.90 Å². The number of hydrogen-bond donors (Lipinski definition) is 0. The highest BCUT2D eigenvalue weighted by molar-refractivity contribution is 6.28. The van der Waals surface area contributed by atoms with Crippen LogP contribution >= 0.6 is 0 Å². The van der Waals surface area contributed by atoms with Crippen LogP contribution in [0.4, 0.5) is 13.2 Å². The minimum atomic E-state index is -4.55. The molecule has 3 rings (SSSR count). The maximum atomic E-state index is 13.1. The van der Waals surface area contributed by atoms with Crippen LogP contribution in [0, 0.1) is 6.92 Å². The Morgan fingerprint density at radius 1 is 1.10 bits per heavy atom. The van der Waals surface area contributed by atoms with Crippen molar-refractivity contribution in [3.8, 4) is 5.69 Å². The molecule has 150 valence electrons. The molecule has 3 aromatic rings. The third-order valence-electron chi connectivity index (χ3n) is 4.07. The molecule has 1 aromatic heterocycles. The molecule has 9 heteroatoms. The number of halogens is 3. The molecule has 0 radical (unpaired) electrons. The fraction of sp³-hybridized carbons (Fsp3) is 0.200. The smallest absolute Gasteiger partial charge is 0.383 e. The Kier molecular flexibility index (Phi) is 5.49. The molecule has 0 saturated heterocycles. The van der Waals surface area contributed by atoms with Gasteiger partial charge in [0.1, 0.15) is 0 Å². The Morgan fingerprint density at radius 2 is 1.79 bits per heavy atom. The number of benzene rings is 2. The van der Waals surface area contributed by atoms with Gasteiger partial charge >= 0.3 is 6.18 Å². The summed E-state index contributed by atoms with van der Waals surface area (Å²) in [5.74, 6) is -0.488. The lowest BCUT2D eigenvalue weighted by Gasteiger charge is -2.13. The average molecular weight is 401 g/mol. The Bertz CT molecular complexity index is 1050. The van der Waals surface area contributed by atoms with Crippen LogP contribution in [-0.2, 0) is 6.18 Å². The maximum absolute atomic E-state index is 13.1. The molecule has 1 heterocycles. The SMILES string of the molecule is Cc1ccc(-n2nnnc2/C(=C\N(C)C)C(=O)c2cccc(C(F)(F)F)c2)cc1. The van der Waals surface area contributed by atoms with Gasteiger partial charge in [0.25, 0.3) is 0 Å². The van der Waals surface area contributed by atoms with E-state index < -0.39 is 17.5 Å². The van der Waals surface area contributed by atoms with Gasteiger partial charge in [-0.25, -0.2) is 0 Å². The third kappa shape index (κ3) is 4.50. The second-order valence-electron chi connectivity index (χ2n) is 6.66. The van der Waals surface area contributed by atoms with Crippen molar-refractivity contribution in [1.82, 2.24) is 25.1 Å². The van der Waals surface area contributed by atoms with E-state index in [0.29, 0.717) is 5.69 Å². The molecule has 0 amide bonds. The highest BCUT2D eigenvalue weighted by Gasteiger charge is 2.31. The molecular formula is C20H18F3N5O. The summed E-state index contributed by atoms with van der Waals surface area (Å²) in [5, 5.41) is 11.5. The zero-order valence-corrected chi connectivity index (χ0v) is 16.0. The van der Waals surface area contributed by atoms with E-state index in [9.17, 15) is 18.0 Å². The van der Waals surface area contributed by atoms with Crippen molar-refractivity contribution < 1.29 is 18.0 Å². The van der Waals surface area contributed by atoms with E-state index in [1.807, 2.05) is 19.1 Å². The number of rotatable bonds is 5. The molecule has 2 aromatic carbocycles. The molecule has 0 bridgehead atoms. The van der Waals surface area contributed by atoms with E-state index >= 15 is 0 Å². The van der Waals surface area contributed by atoms with Gasteiger partial charge in [0.2, 0.25) is 0 Å². The van der Waals surface area contributed by atoms with Crippen LogP contribution in [0.15, 0.2) is 54.7 Å². The Balaban J connectivity index is 2.09. The topological polar surface area (TPSA) is 63.9 Å². The third-order valence-corrected chi connectivity index (χ3v) is 4.07. The zero-order chi connectivity index (χ0) is 21.2. The van der Waals surface area contributed by atoms with Gasteiger partial charge in [0.15, 0.2) is 11.6 Å². The van der Waals surface area contributed by atoms with E-state index in [1.54, 1.807) is 31.1 Å². The van der Waals surface area contributed by atoms with Crippen LogP contribution in [0.25, 0.3) is 11.3 Å². The minimum Gasteiger partial charge on any atom is -0.383 e. The number of alkyl halides is 3. The fourth-order valence-electron chi connectivity index (χ4n) is 2.68. The predicted molar refractivity (Wildman–Crippen MR) is 101 cm³/mol. The highest BCUT2D eigenvalue weighted by Crippen LogP contribution is 2.30. The van der Waals surface area contributed by atoms with Gasteiger partial charge in [-0.05, 0) is 41.6 Å². The van der Waals surface area contributed by atoms with Crippen molar-refractivity contribution in [2.75, 3.05) is 14.1 Å². The molecule has 29 heavy (non-hydrogen) atoms.